The lowest BCUT2D eigenvalue weighted by Gasteiger charge is -2.22. The average Bonchev–Trinajstić information content (AvgIpc) is 1.89. The van der Waals surface area contributed by atoms with E-state index >= 15 is 0 Å². The molecule has 0 unspecified atom stereocenters. The summed E-state index contributed by atoms with van der Waals surface area (Å²) in [6, 6.07) is 0. The summed E-state index contributed by atoms with van der Waals surface area (Å²) in [5, 5.41) is 0. The van der Waals surface area contributed by atoms with Crippen molar-refractivity contribution in [3.63, 3.8) is 0 Å². The first-order valence-electron chi connectivity index (χ1n) is 3.17. The largest absolute Gasteiger partial charge is 0.417 e. The zero-order valence-electron chi connectivity index (χ0n) is 6.81. The second kappa shape index (κ2) is 4.30. The van der Waals surface area contributed by atoms with Gasteiger partial charge in [0.1, 0.15) is 6.26 Å². The molecule has 0 aliphatic carbocycles. The summed E-state index contributed by atoms with van der Waals surface area (Å²) in [6.07, 6.45) is 1.34. The third kappa shape index (κ3) is 4.35. The highest BCUT2D eigenvalue weighted by Gasteiger charge is 2.15. The number of hydrogen-bond acceptors (Lipinski definition) is 3. The zero-order chi connectivity index (χ0) is 8.04. The first kappa shape index (κ1) is 9.46. The standard InChI is InChI=1S/C7H15NO2/c1-5-10-8-6-7(2,3)9-4/h5,8H,1,6H2,2-4H3. The van der Waals surface area contributed by atoms with Crippen LogP contribution in [0.1, 0.15) is 13.8 Å². The van der Waals surface area contributed by atoms with Gasteiger partial charge in [0.05, 0.1) is 12.1 Å². The highest BCUT2D eigenvalue weighted by molar-refractivity contribution is 4.68. The van der Waals surface area contributed by atoms with Gasteiger partial charge in [-0.05, 0) is 13.8 Å². The molecule has 0 saturated carbocycles. The van der Waals surface area contributed by atoms with E-state index in [0.29, 0.717) is 6.54 Å². The lowest BCUT2D eigenvalue weighted by atomic mass is 10.1. The van der Waals surface area contributed by atoms with Gasteiger partial charge in [0, 0.05) is 7.11 Å². The molecule has 0 radical (unpaired) electrons. The second-order valence-electron chi connectivity index (χ2n) is 2.57. The topological polar surface area (TPSA) is 30.5 Å². The van der Waals surface area contributed by atoms with Gasteiger partial charge in [0.15, 0.2) is 0 Å². The molecule has 0 rings (SSSR count). The third-order valence-corrected chi connectivity index (χ3v) is 1.22. The van der Waals surface area contributed by atoms with Crippen molar-refractivity contribution in [1.29, 1.82) is 0 Å². The van der Waals surface area contributed by atoms with Crippen LogP contribution in [0.4, 0.5) is 0 Å². The van der Waals surface area contributed by atoms with E-state index in [1.807, 2.05) is 13.8 Å². The Morgan fingerprint density at radius 2 is 2.20 bits per heavy atom. The molecule has 1 N–H and O–H groups in total. The SMILES string of the molecule is C=CONCC(C)(C)OC. The lowest BCUT2D eigenvalue weighted by Crippen LogP contribution is -2.35. The minimum Gasteiger partial charge on any atom is -0.417 e. The second-order valence-corrected chi connectivity index (χ2v) is 2.57. The quantitative estimate of drug-likeness (QED) is 0.356. The highest BCUT2D eigenvalue weighted by atomic mass is 16.6. The number of hydroxylamine groups is 1. The molecular formula is C7H15NO2. The van der Waals surface area contributed by atoms with Crippen molar-refractivity contribution in [2.45, 2.75) is 19.4 Å². The Bertz CT molecular complexity index is 102. The molecule has 0 aliphatic rings. The summed E-state index contributed by atoms with van der Waals surface area (Å²) >= 11 is 0. The van der Waals surface area contributed by atoms with E-state index in [-0.39, 0.29) is 5.60 Å². The average molecular weight is 145 g/mol. The lowest BCUT2D eigenvalue weighted by molar-refractivity contribution is -0.0111. The predicted octanol–water partition coefficient (Wildman–Crippen LogP) is 1.08. The van der Waals surface area contributed by atoms with Gasteiger partial charge >= 0.3 is 0 Å². The predicted molar refractivity (Wildman–Crippen MR) is 40.4 cm³/mol. The molecule has 0 saturated heterocycles. The minimum atomic E-state index is -0.191. The Hall–Kier alpha value is -0.540. The van der Waals surface area contributed by atoms with Crippen LogP contribution >= 0.6 is 0 Å². The van der Waals surface area contributed by atoms with Crippen LogP contribution in [0.3, 0.4) is 0 Å². The van der Waals surface area contributed by atoms with Crippen LogP contribution in [0.5, 0.6) is 0 Å². The molecule has 3 heteroatoms. The fourth-order valence-electron chi connectivity index (χ4n) is 0.347. The van der Waals surface area contributed by atoms with Crippen molar-refractivity contribution in [2.75, 3.05) is 13.7 Å². The highest BCUT2D eigenvalue weighted by Crippen LogP contribution is 2.04. The summed E-state index contributed by atoms with van der Waals surface area (Å²) in [7, 11) is 1.66. The molecule has 0 aliphatic heterocycles. The maximum absolute atomic E-state index is 5.11. The summed E-state index contributed by atoms with van der Waals surface area (Å²) in [4.78, 5) is 4.71. The maximum atomic E-state index is 5.11. The van der Waals surface area contributed by atoms with Gasteiger partial charge in [-0.25, -0.2) is 0 Å². The molecule has 0 atom stereocenters. The van der Waals surface area contributed by atoms with E-state index in [1.165, 1.54) is 6.26 Å². The van der Waals surface area contributed by atoms with E-state index in [0.717, 1.165) is 0 Å². The van der Waals surface area contributed by atoms with E-state index in [2.05, 4.69) is 12.1 Å². The van der Waals surface area contributed by atoms with Gasteiger partial charge < -0.3 is 9.57 Å². The van der Waals surface area contributed by atoms with Gasteiger partial charge in [-0.15, -0.1) is 0 Å². The van der Waals surface area contributed by atoms with E-state index in [4.69, 9.17) is 9.57 Å². The van der Waals surface area contributed by atoms with E-state index in [1.54, 1.807) is 7.11 Å². The number of nitrogens with one attached hydrogen (secondary N) is 1. The van der Waals surface area contributed by atoms with Crippen LogP contribution in [0.25, 0.3) is 0 Å². The molecule has 0 bridgehead atoms. The van der Waals surface area contributed by atoms with Crippen molar-refractivity contribution in [3.05, 3.63) is 12.8 Å². The zero-order valence-corrected chi connectivity index (χ0v) is 6.81. The van der Waals surface area contributed by atoms with Crippen molar-refractivity contribution >= 4 is 0 Å². The Morgan fingerprint density at radius 3 is 2.60 bits per heavy atom. The number of ether oxygens (including phenoxy) is 1. The van der Waals surface area contributed by atoms with Gasteiger partial charge in [-0.2, -0.15) is 5.48 Å². The number of methoxy groups -OCH3 is 1. The van der Waals surface area contributed by atoms with Gasteiger partial charge in [-0.1, -0.05) is 6.58 Å². The molecule has 10 heavy (non-hydrogen) atoms. The molecule has 0 heterocycles. The van der Waals surface area contributed by atoms with Crippen LogP contribution in [-0.2, 0) is 9.57 Å². The van der Waals surface area contributed by atoms with E-state index < -0.39 is 0 Å². The molecule has 0 spiro atoms. The summed E-state index contributed by atoms with van der Waals surface area (Å²) in [6.45, 7) is 7.94. The summed E-state index contributed by atoms with van der Waals surface area (Å²) in [5.74, 6) is 0. The molecule has 0 aromatic carbocycles. The van der Waals surface area contributed by atoms with Crippen LogP contribution in [0, 0.1) is 0 Å². The monoisotopic (exact) mass is 145 g/mol. The van der Waals surface area contributed by atoms with Crippen LogP contribution in [-0.4, -0.2) is 19.3 Å². The minimum absolute atomic E-state index is 0.191. The smallest absolute Gasteiger partial charge is 0.104 e. The number of hydrogen-bond donors (Lipinski definition) is 1. The molecule has 0 aromatic heterocycles. The fourth-order valence-corrected chi connectivity index (χ4v) is 0.347. The van der Waals surface area contributed by atoms with Crippen LogP contribution in [0.15, 0.2) is 12.8 Å². The molecule has 3 nitrogen and oxygen atoms in total. The summed E-state index contributed by atoms with van der Waals surface area (Å²) < 4.78 is 5.11. The molecule has 0 amide bonds. The Morgan fingerprint density at radius 1 is 1.60 bits per heavy atom. The van der Waals surface area contributed by atoms with Crippen LogP contribution < -0.4 is 5.48 Å². The number of rotatable bonds is 5. The first-order chi connectivity index (χ1) is 4.62. The van der Waals surface area contributed by atoms with Gasteiger partial charge in [0.2, 0.25) is 0 Å². The fraction of sp³-hybridized carbons (Fsp3) is 0.714. The van der Waals surface area contributed by atoms with Crippen molar-refractivity contribution in [3.8, 4) is 0 Å². The third-order valence-electron chi connectivity index (χ3n) is 1.22. The van der Waals surface area contributed by atoms with Crippen molar-refractivity contribution in [1.82, 2.24) is 5.48 Å². The van der Waals surface area contributed by atoms with Gasteiger partial charge in [-0.3, -0.25) is 0 Å². The Labute approximate surface area is 62.0 Å². The molecular weight excluding hydrogens is 130 g/mol. The molecule has 60 valence electrons. The molecule has 0 fully saturated rings. The van der Waals surface area contributed by atoms with Crippen molar-refractivity contribution < 1.29 is 9.57 Å². The summed E-state index contributed by atoms with van der Waals surface area (Å²) in [5.41, 5.74) is 2.49. The normalized spacial score (nSPS) is 11.1. The Balaban J connectivity index is 3.36. The van der Waals surface area contributed by atoms with Crippen molar-refractivity contribution in [2.24, 2.45) is 0 Å². The first-order valence-corrected chi connectivity index (χ1v) is 3.17. The van der Waals surface area contributed by atoms with E-state index in [9.17, 15) is 0 Å². The van der Waals surface area contributed by atoms with Crippen LogP contribution in [0.2, 0.25) is 0 Å². The Kier molecular flexibility index (Phi) is 4.07. The maximum Gasteiger partial charge on any atom is 0.104 e. The molecule has 0 aromatic rings. The van der Waals surface area contributed by atoms with Gasteiger partial charge in [0.25, 0.3) is 0 Å².